The predicted octanol–water partition coefficient (Wildman–Crippen LogP) is 3.21. The summed E-state index contributed by atoms with van der Waals surface area (Å²) in [6, 6.07) is 17.0. The van der Waals surface area contributed by atoms with Crippen molar-refractivity contribution in [2.45, 2.75) is 6.54 Å². The highest BCUT2D eigenvalue weighted by atomic mass is 16.4. The topological polar surface area (TPSA) is 80.9 Å². The molecule has 0 saturated carbocycles. The second-order valence-corrected chi connectivity index (χ2v) is 5.45. The third-order valence-corrected chi connectivity index (χ3v) is 3.83. The largest absolute Gasteiger partial charge is 0.419 e. The molecule has 6 heteroatoms. The monoisotopic (exact) mass is 330 g/mol. The molecular formula is C19H14N4O2. The van der Waals surface area contributed by atoms with Crippen molar-refractivity contribution < 1.29 is 9.21 Å². The lowest BCUT2D eigenvalue weighted by Gasteiger charge is -2.06. The van der Waals surface area contributed by atoms with Crippen LogP contribution in [0.1, 0.15) is 16.2 Å². The molecule has 122 valence electrons. The zero-order valence-electron chi connectivity index (χ0n) is 13.2. The summed E-state index contributed by atoms with van der Waals surface area (Å²) in [4.78, 5) is 16.4. The number of amides is 1. The Balaban J connectivity index is 1.50. The third-order valence-electron chi connectivity index (χ3n) is 3.83. The van der Waals surface area contributed by atoms with Gasteiger partial charge in [0, 0.05) is 23.5 Å². The number of nitrogens with zero attached hydrogens (tertiary/aromatic N) is 3. The SMILES string of the molecule is O=C(NCc1nnc(-c2ccncc2)o1)c1cccc2ccccc12. The quantitative estimate of drug-likeness (QED) is 0.621. The summed E-state index contributed by atoms with van der Waals surface area (Å²) >= 11 is 0. The van der Waals surface area contributed by atoms with E-state index in [1.165, 1.54) is 0 Å². The first-order valence-corrected chi connectivity index (χ1v) is 7.80. The molecule has 2 heterocycles. The lowest BCUT2D eigenvalue weighted by atomic mass is 10.0. The zero-order chi connectivity index (χ0) is 17.1. The van der Waals surface area contributed by atoms with E-state index in [-0.39, 0.29) is 12.5 Å². The van der Waals surface area contributed by atoms with Crippen LogP contribution in [-0.2, 0) is 6.54 Å². The van der Waals surface area contributed by atoms with E-state index in [2.05, 4.69) is 20.5 Å². The van der Waals surface area contributed by atoms with E-state index in [1.54, 1.807) is 30.6 Å². The van der Waals surface area contributed by atoms with Crippen LogP contribution in [0.15, 0.2) is 71.4 Å². The molecule has 25 heavy (non-hydrogen) atoms. The first-order valence-electron chi connectivity index (χ1n) is 7.80. The molecule has 0 aliphatic carbocycles. The minimum atomic E-state index is -0.180. The molecule has 0 spiro atoms. The van der Waals surface area contributed by atoms with Gasteiger partial charge in [-0.05, 0) is 29.0 Å². The number of fused-ring (bicyclic) bond motifs is 1. The van der Waals surface area contributed by atoms with E-state index in [0.717, 1.165) is 16.3 Å². The fourth-order valence-electron chi connectivity index (χ4n) is 2.61. The van der Waals surface area contributed by atoms with Crippen LogP contribution in [0.4, 0.5) is 0 Å². The van der Waals surface area contributed by atoms with E-state index >= 15 is 0 Å². The van der Waals surface area contributed by atoms with Crippen LogP contribution in [0.25, 0.3) is 22.2 Å². The van der Waals surface area contributed by atoms with Gasteiger partial charge in [0.05, 0.1) is 6.54 Å². The highest BCUT2D eigenvalue weighted by Gasteiger charge is 2.12. The number of hydrogen-bond acceptors (Lipinski definition) is 5. The molecule has 0 fully saturated rings. The fourth-order valence-corrected chi connectivity index (χ4v) is 2.61. The van der Waals surface area contributed by atoms with E-state index in [4.69, 9.17) is 4.42 Å². The Morgan fingerprint density at radius 2 is 1.76 bits per heavy atom. The smallest absolute Gasteiger partial charge is 0.252 e. The van der Waals surface area contributed by atoms with Crippen molar-refractivity contribution in [2.24, 2.45) is 0 Å². The predicted molar refractivity (Wildman–Crippen MR) is 92.6 cm³/mol. The van der Waals surface area contributed by atoms with Gasteiger partial charge in [0.15, 0.2) is 0 Å². The highest BCUT2D eigenvalue weighted by molar-refractivity contribution is 6.06. The van der Waals surface area contributed by atoms with Crippen LogP contribution in [0.3, 0.4) is 0 Å². The first kappa shape index (κ1) is 15.0. The molecule has 0 unspecified atom stereocenters. The summed E-state index contributed by atoms with van der Waals surface area (Å²) in [5.74, 6) is 0.567. The van der Waals surface area contributed by atoms with Crippen molar-refractivity contribution >= 4 is 16.7 Å². The summed E-state index contributed by atoms with van der Waals surface area (Å²) in [5.41, 5.74) is 1.40. The van der Waals surface area contributed by atoms with Gasteiger partial charge in [0.1, 0.15) is 0 Å². The fraction of sp³-hybridized carbons (Fsp3) is 0.0526. The molecule has 2 aromatic heterocycles. The molecule has 0 aliphatic rings. The number of carbonyl (C=O) groups is 1. The molecule has 6 nitrogen and oxygen atoms in total. The van der Waals surface area contributed by atoms with Gasteiger partial charge in [-0.15, -0.1) is 10.2 Å². The third kappa shape index (κ3) is 3.10. The Labute approximate surface area is 143 Å². The van der Waals surface area contributed by atoms with E-state index in [0.29, 0.717) is 17.3 Å². The van der Waals surface area contributed by atoms with Gasteiger partial charge < -0.3 is 9.73 Å². The summed E-state index contributed by atoms with van der Waals surface area (Å²) < 4.78 is 5.58. The molecule has 4 rings (SSSR count). The van der Waals surface area contributed by atoms with Gasteiger partial charge in [-0.1, -0.05) is 36.4 Å². The van der Waals surface area contributed by atoms with Gasteiger partial charge in [0.2, 0.25) is 11.8 Å². The number of pyridine rings is 1. The highest BCUT2D eigenvalue weighted by Crippen LogP contribution is 2.19. The maximum absolute atomic E-state index is 12.5. The summed E-state index contributed by atoms with van der Waals surface area (Å²) in [5, 5.41) is 12.7. The van der Waals surface area contributed by atoms with Crippen LogP contribution in [0, 0.1) is 0 Å². The van der Waals surface area contributed by atoms with Crippen LogP contribution in [0.2, 0.25) is 0 Å². The summed E-state index contributed by atoms with van der Waals surface area (Å²) in [6.07, 6.45) is 3.31. The minimum Gasteiger partial charge on any atom is -0.419 e. The Hall–Kier alpha value is -3.54. The van der Waals surface area contributed by atoms with Crippen LogP contribution < -0.4 is 5.32 Å². The number of carbonyl (C=O) groups excluding carboxylic acids is 1. The second-order valence-electron chi connectivity index (χ2n) is 5.45. The van der Waals surface area contributed by atoms with Crippen molar-refractivity contribution in [1.29, 1.82) is 0 Å². The Morgan fingerprint density at radius 3 is 2.64 bits per heavy atom. The van der Waals surface area contributed by atoms with Gasteiger partial charge >= 0.3 is 0 Å². The Kier molecular flexibility index (Phi) is 3.92. The van der Waals surface area contributed by atoms with Crippen molar-refractivity contribution in [3.8, 4) is 11.5 Å². The van der Waals surface area contributed by atoms with Crippen molar-refractivity contribution in [3.63, 3.8) is 0 Å². The van der Waals surface area contributed by atoms with Crippen LogP contribution >= 0.6 is 0 Å². The standard InChI is InChI=1S/C19H14N4O2/c24-18(16-7-3-5-13-4-1-2-6-15(13)16)21-12-17-22-23-19(25-17)14-8-10-20-11-9-14/h1-11H,12H2,(H,21,24). The van der Waals surface area contributed by atoms with Crippen LogP contribution in [0.5, 0.6) is 0 Å². The maximum atomic E-state index is 12.5. The molecule has 4 aromatic rings. The molecule has 1 N–H and O–H groups in total. The van der Waals surface area contributed by atoms with Gasteiger partial charge in [0.25, 0.3) is 5.91 Å². The number of rotatable bonds is 4. The van der Waals surface area contributed by atoms with E-state index in [1.807, 2.05) is 36.4 Å². The van der Waals surface area contributed by atoms with Crippen LogP contribution in [-0.4, -0.2) is 21.1 Å². The molecule has 2 aromatic carbocycles. The molecule has 0 saturated heterocycles. The van der Waals surface area contributed by atoms with E-state index < -0.39 is 0 Å². The number of aromatic nitrogens is 3. The molecule has 0 radical (unpaired) electrons. The normalized spacial score (nSPS) is 10.7. The average molecular weight is 330 g/mol. The van der Waals surface area contributed by atoms with Gasteiger partial charge in [-0.2, -0.15) is 0 Å². The number of nitrogens with one attached hydrogen (secondary N) is 1. The Bertz CT molecular complexity index is 1020. The molecule has 1 amide bonds. The van der Waals surface area contributed by atoms with Gasteiger partial charge in [-0.3, -0.25) is 9.78 Å². The summed E-state index contributed by atoms with van der Waals surface area (Å²) in [7, 11) is 0. The zero-order valence-corrected chi connectivity index (χ0v) is 13.2. The summed E-state index contributed by atoms with van der Waals surface area (Å²) in [6.45, 7) is 0.167. The molecular weight excluding hydrogens is 316 g/mol. The molecule has 0 atom stereocenters. The maximum Gasteiger partial charge on any atom is 0.252 e. The Morgan fingerprint density at radius 1 is 0.960 bits per heavy atom. The van der Waals surface area contributed by atoms with Crippen molar-refractivity contribution in [1.82, 2.24) is 20.5 Å². The van der Waals surface area contributed by atoms with Gasteiger partial charge in [-0.25, -0.2) is 0 Å². The minimum absolute atomic E-state index is 0.167. The molecule has 0 aliphatic heterocycles. The van der Waals surface area contributed by atoms with E-state index in [9.17, 15) is 4.79 Å². The second kappa shape index (κ2) is 6.52. The number of benzene rings is 2. The lowest BCUT2D eigenvalue weighted by molar-refractivity contribution is 0.0949. The van der Waals surface area contributed by atoms with Crippen molar-refractivity contribution in [2.75, 3.05) is 0 Å². The lowest BCUT2D eigenvalue weighted by Crippen LogP contribution is -2.23. The molecule has 0 bridgehead atoms. The first-order chi connectivity index (χ1) is 12.3. The van der Waals surface area contributed by atoms with Crippen molar-refractivity contribution in [3.05, 3.63) is 78.4 Å². The number of hydrogen-bond donors (Lipinski definition) is 1. The average Bonchev–Trinajstić information content (AvgIpc) is 3.15.